The van der Waals surface area contributed by atoms with Gasteiger partial charge in [0.15, 0.2) is 5.60 Å². The van der Waals surface area contributed by atoms with Gasteiger partial charge in [-0.3, -0.25) is 9.59 Å². The van der Waals surface area contributed by atoms with Gasteiger partial charge < -0.3 is 20.4 Å². The van der Waals surface area contributed by atoms with Crippen molar-refractivity contribution in [3.05, 3.63) is 91.9 Å². The van der Waals surface area contributed by atoms with Gasteiger partial charge in [0.2, 0.25) is 0 Å². The normalized spacial score (nSPS) is 18.5. The number of benzene rings is 3. The Hall–Kier alpha value is -2.89. The summed E-state index contributed by atoms with van der Waals surface area (Å²) in [4.78, 5) is 26.7. The Morgan fingerprint density at radius 3 is 2.32 bits per heavy atom. The summed E-state index contributed by atoms with van der Waals surface area (Å²) < 4.78 is 58.6. The van der Waals surface area contributed by atoms with Crippen molar-refractivity contribution in [3.8, 4) is 0 Å². The maximum Gasteiger partial charge on any atom is 0.284 e. The topological polar surface area (TPSA) is 89.9 Å². The fourth-order valence-corrected chi connectivity index (χ4v) is 4.71. The van der Waals surface area contributed by atoms with Crippen molar-refractivity contribution in [3.63, 3.8) is 0 Å². The Labute approximate surface area is 228 Å². The number of halogens is 7. The van der Waals surface area contributed by atoms with E-state index in [1.165, 1.54) is 18.2 Å². The molecule has 1 aliphatic heterocycles. The van der Waals surface area contributed by atoms with Gasteiger partial charge in [-0.05, 0) is 48.5 Å². The smallest absolute Gasteiger partial charge is 0.284 e. The summed E-state index contributed by atoms with van der Waals surface area (Å²) in [5.41, 5.74) is -4.65. The lowest BCUT2D eigenvalue weighted by atomic mass is 9.86. The van der Waals surface area contributed by atoms with Crippen molar-refractivity contribution in [1.82, 2.24) is 0 Å². The number of rotatable bonds is 4. The predicted octanol–water partition coefficient (Wildman–Crippen LogP) is 6.04. The lowest BCUT2D eigenvalue weighted by Crippen LogP contribution is -2.48. The summed E-state index contributed by atoms with van der Waals surface area (Å²) >= 11 is 17.5. The molecule has 0 fully saturated rings. The molecular formula is C25H17Cl3F4N2O4. The van der Waals surface area contributed by atoms with E-state index in [4.69, 9.17) is 34.8 Å². The summed E-state index contributed by atoms with van der Waals surface area (Å²) in [6.45, 7) is -1.99. The second-order valence-electron chi connectivity index (χ2n) is 8.49. The number of nitrogens with one attached hydrogen (secondary N) is 1. The Morgan fingerprint density at radius 1 is 0.947 bits per heavy atom. The van der Waals surface area contributed by atoms with E-state index >= 15 is 4.39 Å². The average molecular weight is 592 g/mol. The molecule has 1 aliphatic rings. The molecule has 0 aromatic heterocycles. The zero-order chi connectivity index (χ0) is 28.0. The maximum atomic E-state index is 15.1. The highest BCUT2D eigenvalue weighted by Gasteiger charge is 2.56. The SMILES string of the molecule is O=C(Nc1ccc(C(=O)N2CCC(F)(F)[C@](O)(CO)c3cc(Cl)ccc32)c(F)c1)c1cc(F)c(Cl)cc1Cl. The minimum Gasteiger partial charge on any atom is -0.393 e. The van der Waals surface area contributed by atoms with Crippen molar-refractivity contribution in [2.45, 2.75) is 17.9 Å². The van der Waals surface area contributed by atoms with Gasteiger partial charge in [-0.1, -0.05) is 34.8 Å². The minimum atomic E-state index is -3.86. The van der Waals surface area contributed by atoms with E-state index in [0.717, 1.165) is 35.2 Å². The number of alkyl halides is 2. The molecule has 0 aliphatic carbocycles. The van der Waals surface area contributed by atoms with E-state index in [9.17, 15) is 33.0 Å². The van der Waals surface area contributed by atoms with Crippen LogP contribution < -0.4 is 10.2 Å². The Bertz CT molecular complexity index is 1460. The number of hydrogen-bond donors (Lipinski definition) is 3. The van der Waals surface area contributed by atoms with E-state index in [2.05, 4.69) is 5.32 Å². The zero-order valence-corrected chi connectivity index (χ0v) is 21.3. The largest absolute Gasteiger partial charge is 0.393 e. The monoisotopic (exact) mass is 590 g/mol. The molecule has 4 rings (SSSR count). The van der Waals surface area contributed by atoms with Gasteiger partial charge in [0.1, 0.15) is 11.6 Å². The van der Waals surface area contributed by atoms with E-state index in [-0.39, 0.29) is 32.0 Å². The van der Waals surface area contributed by atoms with Crippen molar-refractivity contribution in [1.29, 1.82) is 0 Å². The first-order chi connectivity index (χ1) is 17.8. The first-order valence-corrected chi connectivity index (χ1v) is 12.0. The summed E-state index contributed by atoms with van der Waals surface area (Å²) in [6.07, 6.45) is -1.05. The van der Waals surface area contributed by atoms with Crippen molar-refractivity contribution < 1.29 is 37.4 Å². The molecule has 0 bridgehead atoms. The summed E-state index contributed by atoms with van der Waals surface area (Å²) in [5, 5.41) is 22.2. The molecule has 38 heavy (non-hydrogen) atoms. The number of hydrogen-bond acceptors (Lipinski definition) is 4. The maximum absolute atomic E-state index is 15.1. The molecular weight excluding hydrogens is 575 g/mol. The van der Waals surface area contributed by atoms with Gasteiger partial charge in [0.05, 0.1) is 33.5 Å². The van der Waals surface area contributed by atoms with Crippen molar-refractivity contribution in [2.75, 3.05) is 23.4 Å². The highest BCUT2D eigenvalue weighted by Crippen LogP contribution is 2.47. The summed E-state index contributed by atoms with van der Waals surface area (Å²) in [6, 6.07) is 8.35. The van der Waals surface area contributed by atoms with Crippen molar-refractivity contribution in [2.24, 2.45) is 0 Å². The van der Waals surface area contributed by atoms with Crippen molar-refractivity contribution >= 4 is 58.0 Å². The second kappa shape index (κ2) is 10.3. The molecule has 2 amide bonds. The molecule has 1 heterocycles. The van der Waals surface area contributed by atoms with Crippen LogP contribution in [0.2, 0.25) is 15.1 Å². The number of aliphatic hydroxyl groups excluding tert-OH is 1. The summed E-state index contributed by atoms with van der Waals surface area (Å²) in [5.74, 6) is -7.76. The fraction of sp³-hybridized carbons (Fsp3) is 0.200. The molecule has 6 nitrogen and oxygen atoms in total. The predicted molar refractivity (Wildman–Crippen MR) is 134 cm³/mol. The molecule has 0 radical (unpaired) electrons. The highest BCUT2D eigenvalue weighted by atomic mass is 35.5. The van der Waals surface area contributed by atoms with Gasteiger partial charge in [0, 0.05) is 29.2 Å². The molecule has 13 heteroatoms. The Morgan fingerprint density at radius 2 is 1.66 bits per heavy atom. The lowest BCUT2D eigenvalue weighted by Gasteiger charge is -2.33. The van der Waals surface area contributed by atoms with Gasteiger partial charge in [0.25, 0.3) is 17.7 Å². The molecule has 0 saturated heterocycles. The third-order valence-electron chi connectivity index (χ3n) is 6.14. The number of carbonyl (C=O) groups is 2. The molecule has 3 N–H and O–H groups in total. The molecule has 3 aromatic carbocycles. The van der Waals surface area contributed by atoms with E-state index in [1.54, 1.807) is 0 Å². The third kappa shape index (κ3) is 4.94. The second-order valence-corrected chi connectivity index (χ2v) is 9.74. The van der Waals surface area contributed by atoms with Crippen LogP contribution in [-0.4, -0.2) is 41.1 Å². The van der Waals surface area contributed by atoms with E-state index in [0.29, 0.717) is 0 Å². The Balaban J connectivity index is 1.66. The van der Waals surface area contributed by atoms with Crippen LogP contribution >= 0.6 is 34.8 Å². The molecule has 200 valence electrons. The fourth-order valence-electron chi connectivity index (χ4n) is 4.07. The molecule has 0 saturated carbocycles. The highest BCUT2D eigenvalue weighted by molar-refractivity contribution is 6.37. The molecule has 0 unspecified atom stereocenters. The number of anilines is 2. The first kappa shape index (κ1) is 28.1. The quantitative estimate of drug-likeness (QED) is 0.255. The first-order valence-electron chi connectivity index (χ1n) is 10.9. The van der Waals surface area contributed by atoms with Crippen LogP contribution in [0, 0.1) is 11.6 Å². The summed E-state index contributed by atoms with van der Waals surface area (Å²) in [7, 11) is 0. The van der Waals surface area contributed by atoms with E-state index in [1.807, 2.05) is 0 Å². The van der Waals surface area contributed by atoms with Gasteiger partial charge >= 0.3 is 0 Å². The number of nitrogens with zero attached hydrogens (tertiary/aromatic N) is 1. The van der Waals surface area contributed by atoms with Crippen LogP contribution in [0.1, 0.15) is 32.7 Å². The number of amides is 2. The molecule has 0 spiro atoms. The van der Waals surface area contributed by atoms with Crippen LogP contribution in [0.25, 0.3) is 0 Å². The van der Waals surface area contributed by atoms with Crippen LogP contribution in [0.15, 0.2) is 48.5 Å². The van der Waals surface area contributed by atoms with Crippen LogP contribution in [0.3, 0.4) is 0 Å². The zero-order valence-electron chi connectivity index (χ0n) is 19.0. The Kier molecular flexibility index (Phi) is 7.66. The van der Waals surface area contributed by atoms with Crippen LogP contribution in [0.4, 0.5) is 28.9 Å². The van der Waals surface area contributed by atoms with Gasteiger partial charge in [-0.15, -0.1) is 0 Å². The van der Waals surface area contributed by atoms with Gasteiger partial charge in [-0.25, -0.2) is 17.6 Å². The third-order valence-corrected chi connectivity index (χ3v) is 6.97. The van der Waals surface area contributed by atoms with Crippen LogP contribution in [-0.2, 0) is 5.60 Å². The average Bonchev–Trinajstić information content (AvgIpc) is 2.93. The van der Waals surface area contributed by atoms with Crippen LogP contribution in [0.5, 0.6) is 0 Å². The van der Waals surface area contributed by atoms with E-state index < -0.39 is 65.7 Å². The number of fused-ring (bicyclic) bond motifs is 1. The van der Waals surface area contributed by atoms with Gasteiger partial charge in [-0.2, -0.15) is 0 Å². The molecule has 1 atom stereocenters. The number of carbonyl (C=O) groups excluding carboxylic acids is 2. The minimum absolute atomic E-state index is 0.0346. The molecule has 3 aromatic rings. The number of aliphatic hydroxyl groups is 2. The standard InChI is InChI=1S/C25H17Cl3F4N2O4/c26-12-1-4-21-16(7-12)24(38,11-35)25(31,32)5-6-34(21)23(37)14-3-2-13(8-19(14)29)33-22(36)15-9-20(30)18(28)10-17(15)27/h1-4,7-10,35,38H,5-6,11H2,(H,33,36)/t24-/m0/s1. The lowest BCUT2D eigenvalue weighted by molar-refractivity contribution is -0.205.